The molecule has 2 aromatic carbocycles. The molecule has 0 atom stereocenters. The average Bonchev–Trinajstić information content (AvgIpc) is 2.63. The molecule has 2 aromatic rings. The molecule has 0 aliphatic carbocycles. The molecule has 0 aromatic heterocycles. The fourth-order valence-corrected chi connectivity index (χ4v) is 2.02. The van der Waals surface area contributed by atoms with E-state index in [9.17, 15) is 14.9 Å². The number of nitrogens with zero attached hydrogens (tertiary/aromatic N) is 2. The van der Waals surface area contributed by atoms with Crippen LogP contribution in [0.25, 0.3) is 6.08 Å². The second kappa shape index (κ2) is 9.33. The lowest BCUT2D eigenvalue weighted by Crippen LogP contribution is -2.24. The van der Waals surface area contributed by atoms with Crippen molar-refractivity contribution in [3.8, 4) is 5.75 Å². The SMILES string of the molecule is Cc1cc(OCC(=O)N/N=C/C=C/c2ccc([N+](=O)[O-])cc2)ccc1Cl. The molecular weight excluding hydrogens is 358 g/mol. The molecule has 0 radical (unpaired) electrons. The van der Waals surface area contributed by atoms with Crippen molar-refractivity contribution >= 4 is 35.5 Å². The predicted molar refractivity (Wildman–Crippen MR) is 100 cm³/mol. The van der Waals surface area contributed by atoms with Crippen molar-refractivity contribution in [2.75, 3.05) is 6.61 Å². The second-order valence-corrected chi connectivity index (χ2v) is 5.63. The highest BCUT2D eigenvalue weighted by atomic mass is 35.5. The minimum atomic E-state index is -0.460. The third kappa shape index (κ3) is 6.03. The number of non-ortho nitro benzene ring substituents is 1. The van der Waals surface area contributed by atoms with E-state index in [0.29, 0.717) is 10.8 Å². The lowest BCUT2D eigenvalue weighted by molar-refractivity contribution is -0.384. The van der Waals surface area contributed by atoms with Crippen LogP contribution in [0.1, 0.15) is 11.1 Å². The summed E-state index contributed by atoms with van der Waals surface area (Å²) in [5.41, 5.74) is 3.99. The summed E-state index contributed by atoms with van der Waals surface area (Å²) in [5, 5.41) is 14.9. The molecule has 0 fully saturated rings. The van der Waals surface area contributed by atoms with Crippen molar-refractivity contribution in [1.82, 2.24) is 5.43 Å². The van der Waals surface area contributed by atoms with Crippen molar-refractivity contribution in [2.24, 2.45) is 5.10 Å². The van der Waals surface area contributed by atoms with E-state index in [1.165, 1.54) is 18.3 Å². The summed E-state index contributed by atoms with van der Waals surface area (Å²) in [5.74, 6) is 0.140. The van der Waals surface area contributed by atoms with Crippen molar-refractivity contribution in [3.63, 3.8) is 0 Å². The van der Waals surface area contributed by atoms with Gasteiger partial charge in [-0.25, -0.2) is 5.43 Å². The number of nitro groups is 1. The number of hydrogen-bond acceptors (Lipinski definition) is 5. The number of ether oxygens (including phenoxy) is 1. The van der Waals surface area contributed by atoms with E-state index >= 15 is 0 Å². The summed E-state index contributed by atoms with van der Waals surface area (Å²) in [6.45, 7) is 1.67. The van der Waals surface area contributed by atoms with Crippen LogP contribution in [-0.2, 0) is 4.79 Å². The second-order valence-electron chi connectivity index (χ2n) is 5.22. The summed E-state index contributed by atoms with van der Waals surface area (Å²) in [6.07, 6.45) is 4.70. The Bertz CT molecular complexity index is 848. The predicted octanol–water partition coefficient (Wildman–Crippen LogP) is 3.75. The number of carbonyl (C=O) groups is 1. The lowest BCUT2D eigenvalue weighted by atomic mass is 10.2. The maximum Gasteiger partial charge on any atom is 0.277 e. The number of nitrogens with one attached hydrogen (secondary N) is 1. The smallest absolute Gasteiger partial charge is 0.277 e. The van der Waals surface area contributed by atoms with Gasteiger partial charge in [-0.3, -0.25) is 14.9 Å². The van der Waals surface area contributed by atoms with Gasteiger partial charge in [0.05, 0.1) is 4.92 Å². The first kappa shape index (κ1) is 19.1. The average molecular weight is 374 g/mol. The van der Waals surface area contributed by atoms with Gasteiger partial charge in [0.1, 0.15) is 5.75 Å². The van der Waals surface area contributed by atoms with Gasteiger partial charge >= 0.3 is 0 Å². The molecule has 134 valence electrons. The molecule has 7 nitrogen and oxygen atoms in total. The maximum absolute atomic E-state index is 11.6. The molecule has 2 rings (SSSR count). The van der Waals surface area contributed by atoms with Gasteiger partial charge in [-0.15, -0.1) is 0 Å². The Morgan fingerprint density at radius 3 is 2.69 bits per heavy atom. The van der Waals surface area contributed by atoms with Gasteiger partial charge in [0, 0.05) is 23.4 Å². The molecule has 0 aliphatic rings. The summed E-state index contributed by atoms with van der Waals surface area (Å²) in [4.78, 5) is 21.7. The van der Waals surface area contributed by atoms with Crippen LogP contribution in [0.15, 0.2) is 53.6 Å². The first-order valence-corrected chi connectivity index (χ1v) is 7.95. The molecule has 8 heteroatoms. The van der Waals surface area contributed by atoms with Gasteiger partial charge in [-0.05, 0) is 54.5 Å². The van der Waals surface area contributed by atoms with Crippen LogP contribution < -0.4 is 10.2 Å². The topological polar surface area (TPSA) is 93.8 Å². The molecule has 1 N–H and O–H groups in total. The lowest BCUT2D eigenvalue weighted by Gasteiger charge is -2.06. The number of benzene rings is 2. The van der Waals surface area contributed by atoms with Crippen molar-refractivity contribution < 1.29 is 14.5 Å². The molecule has 26 heavy (non-hydrogen) atoms. The number of amides is 1. The number of allylic oxidation sites excluding steroid dienone is 1. The van der Waals surface area contributed by atoms with Crippen LogP contribution in [0.3, 0.4) is 0 Å². The molecule has 0 heterocycles. The molecule has 0 unspecified atom stereocenters. The Hall–Kier alpha value is -3.19. The molecule has 0 spiro atoms. The van der Waals surface area contributed by atoms with Gasteiger partial charge in [0.25, 0.3) is 11.6 Å². The normalized spacial score (nSPS) is 11.0. The molecule has 0 bridgehead atoms. The summed E-state index contributed by atoms with van der Waals surface area (Å²) in [6, 6.07) is 11.2. The van der Waals surface area contributed by atoms with Gasteiger partial charge in [-0.2, -0.15) is 5.10 Å². The van der Waals surface area contributed by atoms with Gasteiger partial charge in [0.2, 0.25) is 0 Å². The number of carbonyl (C=O) groups excluding carboxylic acids is 1. The summed E-state index contributed by atoms with van der Waals surface area (Å²) >= 11 is 5.92. The zero-order valence-corrected chi connectivity index (χ0v) is 14.6. The summed E-state index contributed by atoms with van der Waals surface area (Å²) in [7, 11) is 0. The highest BCUT2D eigenvalue weighted by Crippen LogP contribution is 2.20. The fourth-order valence-electron chi connectivity index (χ4n) is 1.90. The number of aryl methyl sites for hydroxylation is 1. The first-order valence-electron chi connectivity index (χ1n) is 7.57. The van der Waals surface area contributed by atoms with Crippen LogP contribution >= 0.6 is 11.6 Å². The minimum absolute atomic E-state index is 0.0268. The number of rotatable bonds is 7. The van der Waals surface area contributed by atoms with E-state index in [0.717, 1.165) is 11.1 Å². The zero-order valence-electron chi connectivity index (χ0n) is 13.9. The van der Waals surface area contributed by atoms with Crippen molar-refractivity contribution in [3.05, 3.63) is 74.8 Å². The van der Waals surface area contributed by atoms with Gasteiger partial charge in [-0.1, -0.05) is 17.7 Å². The van der Waals surface area contributed by atoms with Crippen LogP contribution in [0.2, 0.25) is 5.02 Å². The Labute approximate surface area is 155 Å². The number of halogens is 1. The monoisotopic (exact) mass is 373 g/mol. The summed E-state index contributed by atoms with van der Waals surface area (Å²) < 4.78 is 5.34. The van der Waals surface area contributed by atoms with Crippen LogP contribution in [0, 0.1) is 17.0 Å². The Morgan fingerprint density at radius 2 is 2.04 bits per heavy atom. The largest absolute Gasteiger partial charge is 0.484 e. The van der Waals surface area contributed by atoms with E-state index < -0.39 is 10.8 Å². The van der Waals surface area contributed by atoms with E-state index in [2.05, 4.69) is 10.5 Å². The molecule has 0 saturated carbocycles. The van der Waals surface area contributed by atoms with E-state index in [1.54, 1.807) is 42.5 Å². The van der Waals surface area contributed by atoms with E-state index in [4.69, 9.17) is 16.3 Å². The van der Waals surface area contributed by atoms with Crippen molar-refractivity contribution in [1.29, 1.82) is 0 Å². The van der Waals surface area contributed by atoms with E-state index in [-0.39, 0.29) is 12.3 Å². The minimum Gasteiger partial charge on any atom is -0.484 e. The van der Waals surface area contributed by atoms with E-state index in [1.807, 2.05) is 6.92 Å². The standard InChI is InChI=1S/C18H16ClN3O4/c1-13-11-16(8-9-17(13)19)26-12-18(23)21-20-10-2-3-14-4-6-15(7-5-14)22(24)25/h2-11H,12H2,1H3,(H,21,23)/b3-2+,20-10+. The third-order valence-corrected chi connectivity index (χ3v) is 3.67. The van der Waals surface area contributed by atoms with Gasteiger partial charge in [0.15, 0.2) is 6.61 Å². The van der Waals surface area contributed by atoms with Crippen LogP contribution in [-0.4, -0.2) is 23.7 Å². The Balaban J connectivity index is 1.75. The highest BCUT2D eigenvalue weighted by molar-refractivity contribution is 6.31. The Morgan fingerprint density at radius 1 is 1.31 bits per heavy atom. The highest BCUT2D eigenvalue weighted by Gasteiger charge is 2.03. The number of hydrazone groups is 1. The van der Waals surface area contributed by atoms with Crippen LogP contribution in [0.4, 0.5) is 5.69 Å². The number of hydrogen-bond donors (Lipinski definition) is 1. The first-order chi connectivity index (χ1) is 12.5. The maximum atomic E-state index is 11.6. The third-order valence-electron chi connectivity index (χ3n) is 3.24. The quantitative estimate of drug-likeness (QED) is 0.454. The van der Waals surface area contributed by atoms with Crippen LogP contribution in [0.5, 0.6) is 5.75 Å². The van der Waals surface area contributed by atoms with Crippen molar-refractivity contribution in [2.45, 2.75) is 6.92 Å². The molecular formula is C18H16ClN3O4. The van der Waals surface area contributed by atoms with Gasteiger partial charge < -0.3 is 4.74 Å². The molecule has 0 aliphatic heterocycles. The Kier molecular flexibility index (Phi) is 6.87. The molecule has 1 amide bonds. The molecule has 0 saturated heterocycles. The fraction of sp³-hybridized carbons (Fsp3) is 0.111. The zero-order chi connectivity index (χ0) is 18.9. The number of nitro benzene ring substituents is 1.